The molecular formula is C33H35N. The number of rotatable bonds is 2. The predicted molar refractivity (Wildman–Crippen MR) is 147 cm³/mol. The second kappa shape index (κ2) is 6.98. The highest BCUT2D eigenvalue weighted by Crippen LogP contribution is 2.50. The molecule has 172 valence electrons. The van der Waals surface area contributed by atoms with Crippen molar-refractivity contribution in [1.29, 1.82) is 0 Å². The predicted octanol–water partition coefficient (Wildman–Crippen LogP) is 9.24. The lowest BCUT2D eigenvalue weighted by Crippen LogP contribution is -2.33. The Balaban J connectivity index is 1.44. The molecule has 0 heterocycles. The third-order valence-electron chi connectivity index (χ3n) is 8.70. The second-order valence-corrected chi connectivity index (χ2v) is 12.2. The largest absolute Gasteiger partial charge is 0.356 e. The van der Waals surface area contributed by atoms with Gasteiger partial charge in [0, 0.05) is 16.8 Å². The normalized spacial score (nSPS) is 18.8. The van der Waals surface area contributed by atoms with Crippen LogP contribution in [0.4, 0.5) is 11.4 Å². The molecule has 0 saturated carbocycles. The molecule has 4 aromatic rings. The fraction of sp³-hybridized carbons (Fsp3) is 0.333. The van der Waals surface area contributed by atoms with E-state index >= 15 is 0 Å². The average Bonchev–Trinajstić information content (AvgIpc) is 2.81. The van der Waals surface area contributed by atoms with Crippen molar-refractivity contribution >= 4 is 22.1 Å². The van der Waals surface area contributed by atoms with Crippen LogP contribution in [0.5, 0.6) is 0 Å². The van der Waals surface area contributed by atoms with Crippen molar-refractivity contribution in [3.05, 3.63) is 95.1 Å². The molecule has 1 nitrogen and oxygen atoms in total. The highest BCUT2D eigenvalue weighted by molar-refractivity contribution is 6.03. The molecule has 0 fully saturated rings. The van der Waals surface area contributed by atoms with Gasteiger partial charge in [-0.15, -0.1) is 0 Å². The molecule has 4 aromatic carbocycles. The summed E-state index contributed by atoms with van der Waals surface area (Å²) in [5, 5.41) is 6.49. The number of nitrogens with one attached hydrogen (secondary N) is 1. The Morgan fingerprint density at radius 3 is 1.91 bits per heavy atom. The zero-order chi connectivity index (χ0) is 23.9. The van der Waals surface area contributed by atoms with Gasteiger partial charge < -0.3 is 5.32 Å². The van der Waals surface area contributed by atoms with Crippen LogP contribution in [-0.4, -0.2) is 0 Å². The van der Waals surface area contributed by atoms with Crippen molar-refractivity contribution in [2.75, 3.05) is 5.32 Å². The molecular weight excluding hydrogens is 410 g/mol. The van der Waals surface area contributed by atoms with Crippen LogP contribution in [0.1, 0.15) is 76.6 Å². The highest BCUT2D eigenvalue weighted by Gasteiger charge is 2.37. The van der Waals surface area contributed by atoms with E-state index in [0.717, 1.165) is 5.69 Å². The van der Waals surface area contributed by atoms with Gasteiger partial charge in [-0.05, 0) is 92.1 Å². The number of hydrogen-bond acceptors (Lipinski definition) is 1. The minimum Gasteiger partial charge on any atom is -0.356 e. The fourth-order valence-electron chi connectivity index (χ4n) is 6.44. The van der Waals surface area contributed by atoms with Crippen LogP contribution in [0.15, 0.2) is 72.8 Å². The quantitative estimate of drug-likeness (QED) is 0.324. The van der Waals surface area contributed by atoms with E-state index in [1.165, 1.54) is 62.7 Å². The van der Waals surface area contributed by atoms with Crippen molar-refractivity contribution in [3.63, 3.8) is 0 Å². The van der Waals surface area contributed by atoms with Crippen LogP contribution in [0.2, 0.25) is 0 Å². The van der Waals surface area contributed by atoms with Crippen LogP contribution < -0.4 is 5.32 Å². The van der Waals surface area contributed by atoms with E-state index < -0.39 is 0 Å². The monoisotopic (exact) mass is 445 g/mol. The van der Waals surface area contributed by atoms with Crippen molar-refractivity contribution in [2.45, 2.75) is 70.6 Å². The topological polar surface area (TPSA) is 12.0 Å². The Hall–Kier alpha value is -3.06. The van der Waals surface area contributed by atoms with Crippen molar-refractivity contribution < 1.29 is 0 Å². The van der Waals surface area contributed by atoms with Gasteiger partial charge in [-0.3, -0.25) is 0 Å². The molecule has 0 spiro atoms. The molecule has 0 amide bonds. The first-order chi connectivity index (χ1) is 16.1. The van der Waals surface area contributed by atoms with Crippen molar-refractivity contribution in [3.8, 4) is 11.1 Å². The van der Waals surface area contributed by atoms with E-state index in [9.17, 15) is 0 Å². The lowest BCUT2D eigenvalue weighted by atomic mass is 9.63. The number of hydrogen-bond donors (Lipinski definition) is 1. The average molecular weight is 446 g/mol. The summed E-state index contributed by atoms with van der Waals surface area (Å²) in [6.07, 6.45) is 2.47. The summed E-state index contributed by atoms with van der Waals surface area (Å²) in [5.41, 5.74) is 11.3. The van der Waals surface area contributed by atoms with Crippen LogP contribution in [0.25, 0.3) is 21.9 Å². The first-order valence-corrected chi connectivity index (χ1v) is 12.7. The Labute approximate surface area is 204 Å². The van der Waals surface area contributed by atoms with Gasteiger partial charge in [-0.25, -0.2) is 0 Å². The first kappa shape index (κ1) is 21.5. The van der Waals surface area contributed by atoms with Gasteiger partial charge in [-0.2, -0.15) is 0 Å². The smallest absolute Gasteiger partial charge is 0.0387 e. The zero-order valence-corrected chi connectivity index (χ0v) is 21.3. The van der Waals surface area contributed by atoms with E-state index in [1.807, 2.05) is 0 Å². The molecule has 1 heteroatoms. The molecule has 0 aromatic heterocycles. The van der Waals surface area contributed by atoms with Crippen molar-refractivity contribution in [2.24, 2.45) is 0 Å². The van der Waals surface area contributed by atoms with E-state index in [1.54, 1.807) is 0 Å². The molecule has 0 bridgehead atoms. The Morgan fingerprint density at radius 1 is 0.559 bits per heavy atom. The van der Waals surface area contributed by atoms with Crippen LogP contribution in [0.3, 0.4) is 0 Å². The summed E-state index contributed by atoms with van der Waals surface area (Å²) in [7, 11) is 0. The summed E-state index contributed by atoms with van der Waals surface area (Å²) in [6, 6.07) is 27.4. The minimum absolute atomic E-state index is 0.0528. The van der Waals surface area contributed by atoms with Gasteiger partial charge in [-0.1, -0.05) is 90.1 Å². The van der Waals surface area contributed by atoms with Crippen LogP contribution >= 0.6 is 0 Å². The van der Waals surface area contributed by atoms with E-state index in [4.69, 9.17) is 0 Å². The summed E-state index contributed by atoms with van der Waals surface area (Å²) < 4.78 is 0. The molecule has 0 aliphatic heterocycles. The van der Waals surface area contributed by atoms with E-state index in [-0.39, 0.29) is 16.2 Å². The van der Waals surface area contributed by atoms with Gasteiger partial charge in [0.25, 0.3) is 0 Å². The second-order valence-electron chi connectivity index (χ2n) is 12.2. The van der Waals surface area contributed by atoms with Gasteiger partial charge in [0.1, 0.15) is 0 Å². The van der Waals surface area contributed by atoms with Gasteiger partial charge in [0.05, 0.1) is 0 Å². The minimum atomic E-state index is -0.0528. The molecule has 6 rings (SSSR count). The molecule has 0 atom stereocenters. The van der Waals surface area contributed by atoms with Gasteiger partial charge in [0.2, 0.25) is 0 Å². The molecule has 0 saturated heterocycles. The maximum Gasteiger partial charge on any atom is 0.0387 e. The lowest BCUT2D eigenvalue weighted by Gasteiger charge is -2.42. The third-order valence-corrected chi connectivity index (χ3v) is 8.70. The maximum absolute atomic E-state index is 3.76. The summed E-state index contributed by atoms with van der Waals surface area (Å²) in [4.78, 5) is 0. The molecule has 1 N–H and O–H groups in total. The first-order valence-electron chi connectivity index (χ1n) is 12.7. The SMILES string of the molecule is CC1(C)CCC(C)(C)c2cc(Nc3ccc4c(c3)C(C)(C)c3cccc5cccc-4c35)ccc21. The molecule has 2 aliphatic carbocycles. The number of anilines is 2. The summed E-state index contributed by atoms with van der Waals surface area (Å²) >= 11 is 0. The summed E-state index contributed by atoms with van der Waals surface area (Å²) in [5.74, 6) is 0. The molecule has 0 radical (unpaired) electrons. The number of benzene rings is 4. The van der Waals surface area contributed by atoms with Gasteiger partial charge in [0.15, 0.2) is 0 Å². The molecule has 2 aliphatic rings. The van der Waals surface area contributed by atoms with E-state index in [2.05, 4.69) is 120 Å². The van der Waals surface area contributed by atoms with Crippen LogP contribution in [0, 0.1) is 0 Å². The van der Waals surface area contributed by atoms with E-state index in [0.29, 0.717) is 0 Å². The summed E-state index contributed by atoms with van der Waals surface area (Å²) in [6.45, 7) is 14.3. The maximum atomic E-state index is 3.76. The highest BCUT2D eigenvalue weighted by atomic mass is 14.9. The third kappa shape index (κ3) is 3.06. The standard InChI is InChI=1S/C33H35N/c1-31(2)17-18-32(3,4)29-20-23(14-16-26(29)31)34-22-13-15-24-25-11-7-9-21-10-8-12-27(30(21)25)33(5,6)28(24)19-22/h7-16,19-20,34H,17-18H2,1-6H3. The van der Waals surface area contributed by atoms with Gasteiger partial charge >= 0.3 is 0 Å². The molecule has 0 unspecified atom stereocenters. The Bertz CT molecular complexity index is 1450. The van der Waals surface area contributed by atoms with Crippen molar-refractivity contribution in [1.82, 2.24) is 0 Å². The number of fused-ring (bicyclic) bond motifs is 3. The zero-order valence-electron chi connectivity index (χ0n) is 21.3. The lowest BCUT2D eigenvalue weighted by molar-refractivity contribution is 0.332. The Kier molecular flexibility index (Phi) is 4.41. The molecule has 34 heavy (non-hydrogen) atoms. The Morgan fingerprint density at radius 2 is 1.18 bits per heavy atom. The fourth-order valence-corrected chi connectivity index (χ4v) is 6.44. The van der Waals surface area contributed by atoms with Crippen LogP contribution in [-0.2, 0) is 16.2 Å².